The van der Waals surface area contributed by atoms with Crippen molar-refractivity contribution >= 4 is 31.9 Å². The summed E-state index contributed by atoms with van der Waals surface area (Å²) in [5, 5.41) is 0. The lowest BCUT2D eigenvalue weighted by molar-refractivity contribution is -0.143. The van der Waals surface area contributed by atoms with Crippen molar-refractivity contribution < 1.29 is 22.7 Å². The molecule has 0 aliphatic rings. The lowest BCUT2D eigenvalue weighted by Gasteiger charge is -2.19. The van der Waals surface area contributed by atoms with Gasteiger partial charge in [-0.1, -0.05) is 6.92 Å². The molecule has 0 unspecified atom stereocenters. The van der Waals surface area contributed by atoms with Gasteiger partial charge in [0.1, 0.15) is 12.3 Å². The monoisotopic (exact) mass is 379 g/mol. The Labute approximate surface area is 133 Å². The van der Waals surface area contributed by atoms with Crippen LogP contribution in [-0.2, 0) is 19.6 Å². The van der Waals surface area contributed by atoms with Crippen molar-refractivity contribution in [3.05, 3.63) is 22.7 Å². The third-order valence-corrected chi connectivity index (χ3v) is 5.26. The second kappa shape index (κ2) is 7.77. The summed E-state index contributed by atoms with van der Waals surface area (Å²) < 4.78 is 36.5. The van der Waals surface area contributed by atoms with E-state index in [4.69, 9.17) is 9.47 Å². The molecule has 0 saturated heterocycles. The van der Waals surface area contributed by atoms with E-state index in [0.717, 1.165) is 4.31 Å². The number of hydrogen-bond donors (Lipinski definition) is 0. The molecule has 0 radical (unpaired) electrons. The zero-order valence-electron chi connectivity index (χ0n) is 12.1. The molecule has 0 spiro atoms. The Balaban J connectivity index is 3.07. The van der Waals surface area contributed by atoms with Crippen LogP contribution >= 0.6 is 15.9 Å². The number of benzene rings is 1. The van der Waals surface area contributed by atoms with Crippen molar-refractivity contribution in [2.24, 2.45) is 0 Å². The summed E-state index contributed by atoms with van der Waals surface area (Å²) in [6, 6.07) is 4.43. The van der Waals surface area contributed by atoms with E-state index < -0.39 is 16.0 Å². The van der Waals surface area contributed by atoms with Crippen LogP contribution in [0.2, 0.25) is 0 Å². The van der Waals surface area contributed by atoms with Gasteiger partial charge in [0.05, 0.1) is 23.1 Å². The highest BCUT2D eigenvalue weighted by Crippen LogP contribution is 2.28. The van der Waals surface area contributed by atoms with E-state index >= 15 is 0 Å². The van der Waals surface area contributed by atoms with Crippen molar-refractivity contribution in [3.63, 3.8) is 0 Å². The lowest BCUT2D eigenvalue weighted by Crippen LogP contribution is -2.36. The number of methoxy groups -OCH3 is 1. The fraction of sp³-hybridized carbons (Fsp3) is 0.462. The number of likely N-dealkylation sites (N-methyl/N-ethyl adjacent to an activating group) is 1. The van der Waals surface area contributed by atoms with E-state index in [9.17, 15) is 13.2 Å². The molecule has 0 aliphatic heterocycles. The van der Waals surface area contributed by atoms with E-state index in [1.54, 1.807) is 19.9 Å². The first-order valence-electron chi connectivity index (χ1n) is 6.36. The van der Waals surface area contributed by atoms with Gasteiger partial charge >= 0.3 is 5.97 Å². The molecule has 6 nitrogen and oxygen atoms in total. The minimum Gasteiger partial charge on any atom is -0.496 e. The van der Waals surface area contributed by atoms with Gasteiger partial charge < -0.3 is 9.47 Å². The fourth-order valence-corrected chi connectivity index (χ4v) is 3.79. The average molecular weight is 380 g/mol. The Morgan fingerprint density at radius 3 is 2.48 bits per heavy atom. The largest absolute Gasteiger partial charge is 0.496 e. The zero-order chi connectivity index (χ0) is 16.0. The quantitative estimate of drug-likeness (QED) is 0.677. The molecule has 0 bridgehead atoms. The van der Waals surface area contributed by atoms with Gasteiger partial charge in [0, 0.05) is 6.54 Å². The minimum atomic E-state index is -3.77. The van der Waals surface area contributed by atoms with Crippen LogP contribution in [0.1, 0.15) is 13.8 Å². The maximum atomic E-state index is 12.5. The number of carbonyl (C=O) groups is 1. The summed E-state index contributed by atoms with van der Waals surface area (Å²) in [6.45, 7) is 3.41. The van der Waals surface area contributed by atoms with Gasteiger partial charge in [-0.3, -0.25) is 4.79 Å². The smallest absolute Gasteiger partial charge is 0.321 e. The molecule has 0 fully saturated rings. The minimum absolute atomic E-state index is 0.0846. The Morgan fingerprint density at radius 2 is 2.00 bits per heavy atom. The molecule has 118 valence electrons. The third-order valence-electron chi connectivity index (χ3n) is 2.72. The van der Waals surface area contributed by atoms with Crippen LogP contribution in [-0.4, -0.2) is 45.5 Å². The summed E-state index contributed by atoms with van der Waals surface area (Å²) in [7, 11) is -2.27. The standard InChI is InChI=1S/C13H18BrNO5S/c1-4-15(9-13(16)20-5-2)21(17,18)10-6-7-12(19-3)11(14)8-10/h6-8H,4-5,9H2,1-3H3. The van der Waals surface area contributed by atoms with Gasteiger partial charge in [-0.2, -0.15) is 4.31 Å². The van der Waals surface area contributed by atoms with Crippen molar-refractivity contribution in [3.8, 4) is 5.75 Å². The summed E-state index contributed by atoms with van der Waals surface area (Å²) in [5.74, 6) is -0.0436. The summed E-state index contributed by atoms with van der Waals surface area (Å²) in [6.07, 6.45) is 0. The van der Waals surface area contributed by atoms with Crippen molar-refractivity contribution in [1.29, 1.82) is 0 Å². The van der Waals surface area contributed by atoms with Crippen LogP contribution in [0.25, 0.3) is 0 Å². The highest BCUT2D eigenvalue weighted by atomic mass is 79.9. The first kappa shape index (κ1) is 17.9. The molecule has 0 aliphatic carbocycles. The molecule has 21 heavy (non-hydrogen) atoms. The Morgan fingerprint density at radius 1 is 1.33 bits per heavy atom. The van der Waals surface area contributed by atoms with Crippen LogP contribution < -0.4 is 4.74 Å². The van der Waals surface area contributed by atoms with Crippen LogP contribution in [0.3, 0.4) is 0 Å². The molecular weight excluding hydrogens is 362 g/mol. The number of ether oxygens (including phenoxy) is 2. The van der Waals surface area contributed by atoms with E-state index in [1.165, 1.54) is 19.2 Å². The summed E-state index contributed by atoms with van der Waals surface area (Å²) >= 11 is 3.25. The van der Waals surface area contributed by atoms with E-state index in [0.29, 0.717) is 10.2 Å². The highest BCUT2D eigenvalue weighted by molar-refractivity contribution is 9.10. The number of hydrogen-bond acceptors (Lipinski definition) is 5. The van der Waals surface area contributed by atoms with Gasteiger partial charge in [0.25, 0.3) is 0 Å². The first-order valence-corrected chi connectivity index (χ1v) is 8.59. The summed E-state index contributed by atoms with van der Waals surface area (Å²) in [4.78, 5) is 11.6. The second-order valence-corrected chi connectivity index (χ2v) is 6.82. The van der Waals surface area contributed by atoms with Crippen LogP contribution in [0.5, 0.6) is 5.75 Å². The van der Waals surface area contributed by atoms with Gasteiger partial charge in [0.15, 0.2) is 0 Å². The topological polar surface area (TPSA) is 72.9 Å². The van der Waals surface area contributed by atoms with E-state index in [1.807, 2.05) is 0 Å². The van der Waals surface area contributed by atoms with E-state index in [2.05, 4.69) is 15.9 Å². The molecule has 1 aromatic rings. The molecular formula is C13H18BrNO5S. The first-order chi connectivity index (χ1) is 9.86. The predicted molar refractivity (Wildman–Crippen MR) is 81.8 cm³/mol. The zero-order valence-corrected chi connectivity index (χ0v) is 14.5. The molecule has 0 heterocycles. The molecule has 0 saturated carbocycles. The van der Waals surface area contributed by atoms with Crippen LogP contribution in [0.4, 0.5) is 0 Å². The fourth-order valence-electron chi connectivity index (χ4n) is 1.67. The van der Waals surface area contributed by atoms with E-state index in [-0.39, 0.29) is 24.6 Å². The Bertz CT molecular complexity index is 603. The van der Waals surface area contributed by atoms with Crippen LogP contribution in [0.15, 0.2) is 27.6 Å². The number of sulfonamides is 1. The second-order valence-electron chi connectivity index (χ2n) is 4.03. The Kier molecular flexibility index (Phi) is 6.63. The average Bonchev–Trinajstić information content (AvgIpc) is 2.44. The SMILES string of the molecule is CCOC(=O)CN(CC)S(=O)(=O)c1ccc(OC)c(Br)c1. The lowest BCUT2D eigenvalue weighted by atomic mass is 10.3. The third kappa shape index (κ3) is 4.42. The molecule has 0 aromatic heterocycles. The molecule has 0 amide bonds. The predicted octanol–water partition coefficient (Wildman–Crippen LogP) is 2.03. The number of rotatable bonds is 7. The molecule has 1 rings (SSSR count). The number of esters is 1. The van der Waals surface area contributed by atoms with Gasteiger partial charge in [-0.05, 0) is 41.1 Å². The number of halogens is 1. The van der Waals surface area contributed by atoms with Crippen molar-refractivity contribution in [2.75, 3.05) is 26.8 Å². The maximum absolute atomic E-state index is 12.5. The van der Waals surface area contributed by atoms with Crippen LogP contribution in [0, 0.1) is 0 Å². The van der Waals surface area contributed by atoms with Gasteiger partial charge in [-0.15, -0.1) is 0 Å². The highest BCUT2D eigenvalue weighted by Gasteiger charge is 2.26. The normalized spacial score (nSPS) is 11.5. The molecule has 8 heteroatoms. The summed E-state index contributed by atoms with van der Waals surface area (Å²) in [5.41, 5.74) is 0. The number of carbonyl (C=O) groups excluding carboxylic acids is 1. The number of nitrogens with zero attached hydrogens (tertiary/aromatic N) is 1. The molecule has 1 aromatic carbocycles. The Hall–Kier alpha value is -1.12. The van der Waals surface area contributed by atoms with Crippen molar-refractivity contribution in [2.45, 2.75) is 18.7 Å². The van der Waals surface area contributed by atoms with Gasteiger partial charge in [-0.25, -0.2) is 8.42 Å². The molecule has 0 atom stereocenters. The maximum Gasteiger partial charge on any atom is 0.321 e. The van der Waals surface area contributed by atoms with Gasteiger partial charge in [0.2, 0.25) is 10.0 Å². The van der Waals surface area contributed by atoms with Crippen molar-refractivity contribution in [1.82, 2.24) is 4.31 Å². The molecule has 0 N–H and O–H groups in total.